The number of nitrogens with zero attached hydrogens (tertiary/aromatic N) is 2. The summed E-state index contributed by atoms with van der Waals surface area (Å²) in [5.74, 6) is 0.815. The molecular weight excluding hydrogens is 314 g/mol. The average Bonchev–Trinajstić information content (AvgIpc) is 2.99. The number of ether oxygens (including phenoxy) is 1. The maximum absolute atomic E-state index is 12.9. The molecule has 0 aliphatic carbocycles. The van der Waals surface area contributed by atoms with Gasteiger partial charge in [-0.3, -0.25) is 0 Å². The molecule has 5 heteroatoms. The van der Waals surface area contributed by atoms with Crippen molar-refractivity contribution in [3.8, 4) is 5.75 Å². The van der Waals surface area contributed by atoms with E-state index in [1.165, 1.54) is 11.4 Å². The Balaban J connectivity index is 1.74. The van der Waals surface area contributed by atoms with Gasteiger partial charge < -0.3 is 19.5 Å². The van der Waals surface area contributed by atoms with Crippen LogP contribution in [-0.4, -0.2) is 28.6 Å². The van der Waals surface area contributed by atoms with Gasteiger partial charge in [0.25, 0.3) is 0 Å². The Labute approximate surface area is 149 Å². The van der Waals surface area contributed by atoms with Crippen LogP contribution in [0, 0.1) is 6.92 Å². The van der Waals surface area contributed by atoms with Gasteiger partial charge in [0.1, 0.15) is 5.75 Å². The van der Waals surface area contributed by atoms with Crippen LogP contribution in [0.25, 0.3) is 0 Å². The molecule has 1 atom stereocenters. The Morgan fingerprint density at radius 2 is 1.92 bits per heavy atom. The van der Waals surface area contributed by atoms with Crippen LogP contribution in [0.2, 0.25) is 0 Å². The third kappa shape index (κ3) is 3.65. The lowest BCUT2D eigenvalue weighted by Crippen LogP contribution is -2.44. The number of benzene rings is 1. The maximum atomic E-state index is 12.9. The Bertz CT molecular complexity index is 721. The molecule has 0 radical (unpaired) electrons. The summed E-state index contributed by atoms with van der Waals surface area (Å²) in [6.45, 7) is 8.47. The average molecular weight is 341 g/mol. The summed E-state index contributed by atoms with van der Waals surface area (Å²) in [6.07, 6.45) is 2.02. The van der Waals surface area contributed by atoms with E-state index >= 15 is 0 Å². The zero-order chi connectivity index (χ0) is 17.8. The molecule has 1 aromatic heterocycles. The Morgan fingerprint density at radius 3 is 2.60 bits per heavy atom. The van der Waals surface area contributed by atoms with Crippen LogP contribution in [0.15, 0.2) is 36.4 Å². The largest absolute Gasteiger partial charge is 0.494 e. The molecule has 2 heterocycles. The SMILES string of the molecule is CCCC1c2ccc(C)n2CCN1C(=O)Nc1ccc(OCC)cc1. The van der Waals surface area contributed by atoms with Gasteiger partial charge in [-0.05, 0) is 56.7 Å². The second-order valence-electron chi connectivity index (χ2n) is 6.44. The zero-order valence-electron chi connectivity index (χ0n) is 15.3. The van der Waals surface area contributed by atoms with E-state index in [9.17, 15) is 4.79 Å². The van der Waals surface area contributed by atoms with E-state index in [1.807, 2.05) is 36.1 Å². The first kappa shape index (κ1) is 17.4. The minimum absolute atomic E-state index is 0.0345. The van der Waals surface area contributed by atoms with Gasteiger partial charge in [0.2, 0.25) is 0 Å². The van der Waals surface area contributed by atoms with Crippen molar-refractivity contribution in [2.24, 2.45) is 0 Å². The molecular formula is C20H27N3O2. The highest BCUT2D eigenvalue weighted by Gasteiger charge is 2.31. The number of carbonyl (C=O) groups excluding carboxylic acids is 1. The van der Waals surface area contributed by atoms with Crippen molar-refractivity contribution in [3.63, 3.8) is 0 Å². The van der Waals surface area contributed by atoms with E-state index in [0.29, 0.717) is 6.61 Å². The highest BCUT2D eigenvalue weighted by molar-refractivity contribution is 5.89. The molecule has 134 valence electrons. The third-order valence-electron chi connectivity index (χ3n) is 4.75. The fraction of sp³-hybridized carbons (Fsp3) is 0.450. The Hall–Kier alpha value is -2.43. The molecule has 0 fully saturated rings. The lowest BCUT2D eigenvalue weighted by atomic mass is 10.0. The first-order valence-corrected chi connectivity index (χ1v) is 9.10. The van der Waals surface area contributed by atoms with E-state index in [1.54, 1.807) is 0 Å². The third-order valence-corrected chi connectivity index (χ3v) is 4.75. The minimum Gasteiger partial charge on any atom is -0.494 e. The van der Waals surface area contributed by atoms with E-state index in [2.05, 4.69) is 35.9 Å². The molecule has 0 spiro atoms. The number of rotatable bonds is 5. The number of urea groups is 1. The predicted molar refractivity (Wildman–Crippen MR) is 100 cm³/mol. The fourth-order valence-corrected chi connectivity index (χ4v) is 3.53. The molecule has 1 N–H and O–H groups in total. The molecule has 5 nitrogen and oxygen atoms in total. The Kier molecular flexibility index (Phi) is 5.31. The van der Waals surface area contributed by atoms with E-state index in [-0.39, 0.29) is 12.1 Å². The first-order chi connectivity index (χ1) is 12.1. The summed E-state index contributed by atoms with van der Waals surface area (Å²) in [5, 5.41) is 3.03. The van der Waals surface area contributed by atoms with Crippen LogP contribution in [0.4, 0.5) is 10.5 Å². The van der Waals surface area contributed by atoms with Crippen molar-refractivity contribution in [3.05, 3.63) is 47.8 Å². The summed E-state index contributed by atoms with van der Waals surface area (Å²) >= 11 is 0. The van der Waals surface area contributed by atoms with Gasteiger partial charge in [-0.15, -0.1) is 0 Å². The summed E-state index contributed by atoms with van der Waals surface area (Å²) in [7, 11) is 0. The van der Waals surface area contributed by atoms with Crippen molar-refractivity contribution in [1.82, 2.24) is 9.47 Å². The molecule has 2 amide bonds. The molecule has 1 aromatic carbocycles. The number of fused-ring (bicyclic) bond motifs is 1. The molecule has 1 aliphatic heterocycles. The maximum Gasteiger partial charge on any atom is 0.322 e. The molecule has 2 aromatic rings. The lowest BCUT2D eigenvalue weighted by molar-refractivity contribution is 0.162. The van der Waals surface area contributed by atoms with Crippen molar-refractivity contribution in [1.29, 1.82) is 0 Å². The van der Waals surface area contributed by atoms with Crippen molar-refractivity contribution in [2.75, 3.05) is 18.5 Å². The van der Waals surface area contributed by atoms with Crippen LogP contribution in [0.1, 0.15) is 44.1 Å². The summed E-state index contributed by atoms with van der Waals surface area (Å²) in [5.41, 5.74) is 3.30. The standard InChI is InChI=1S/C20H27N3O2/c1-4-6-18-19-12-7-15(3)22(19)13-14-23(18)20(24)21-16-8-10-17(11-9-16)25-5-2/h7-12,18H,4-6,13-14H2,1-3H3,(H,21,24). The topological polar surface area (TPSA) is 46.5 Å². The smallest absolute Gasteiger partial charge is 0.322 e. The van der Waals surface area contributed by atoms with Crippen LogP contribution in [0.3, 0.4) is 0 Å². The summed E-state index contributed by atoms with van der Waals surface area (Å²) in [4.78, 5) is 14.8. The van der Waals surface area contributed by atoms with Crippen LogP contribution in [-0.2, 0) is 6.54 Å². The number of aryl methyl sites for hydroxylation is 1. The van der Waals surface area contributed by atoms with Crippen LogP contribution < -0.4 is 10.1 Å². The number of hydrogen-bond acceptors (Lipinski definition) is 2. The van der Waals surface area contributed by atoms with Gasteiger partial charge >= 0.3 is 6.03 Å². The van der Waals surface area contributed by atoms with Gasteiger partial charge in [-0.1, -0.05) is 13.3 Å². The molecule has 3 rings (SSSR count). The highest BCUT2D eigenvalue weighted by atomic mass is 16.5. The summed E-state index contributed by atoms with van der Waals surface area (Å²) < 4.78 is 7.78. The van der Waals surface area contributed by atoms with Gasteiger partial charge in [0.05, 0.1) is 12.6 Å². The predicted octanol–water partition coefficient (Wildman–Crippen LogP) is 4.58. The molecule has 1 unspecified atom stereocenters. The normalized spacial score (nSPS) is 16.4. The van der Waals surface area contributed by atoms with Crippen molar-refractivity contribution < 1.29 is 9.53 Å². The molecule has 0 saturated carbocycles. The van der Waals surface area contributed by atoms with Gasteiger partial charge in [0.15, 0.2) is 0 Å². The number of nitrogens with one attached hydrogen (secondary N) is 1. The van der Waals surface area contributed by atoms with Gasteiger partial charge in [-0.2, -0.15) is 0 Å². The first-order valence-electron chi connectivity index (χ1n) is 9.10. The Morgan fingerprint density at radius 1 is 1.16 bits per heavy atom. The lowest BCUT2D eigenvalue weighted by Gasteiger charge is -2.37. The second kappa shape index (κ2) is 7.64. The monoisotopic (exact) mass is 341 g/mol. The second-order valence-corrected chi connectivity index (χ2v) is 6.44. The van der Waals surface area contributed by atoms with Gasteiger partial charge in [-0.25, -0.2) is 4.79 Å². The van der Waals surface area contributed by atoms with Crippen LogP contribution in [0.5, 0.6) is 5.75 Å². The summed E-state index contributed by atoms with van der Waals surface area (Å²) in [6, 6.07) is 11.9. The number of aromatic nitrogens is 1. The number of hydrogen-bond donors (Lipinski definition) is 1. The van der Waals surface area contributed by atoms with Crippen LogP contribution >= 0.6 is 0 Å². The zero-order valence-corrected chi connectivity index (χ0v) is 15.3. The number of anilines is 1. The molecule has 1 aliphatic rings. The minimum atomic E-state index is -0.0345. The van der Waals surface area contributed by atoms with E-state index < -0.39 is 0 Å². The highest BCUT2D eigenvalue weighted by Crippen LogP contribution is 2.32. The van der Waals surface area contributed by atoms with Gasteiger partial charge in [0, 0.05) is 30.2 Å². The molecule has 25 heavy (non-hydrogen) atoms. The van der Waals surface area contributed by atoms with E-state index in [0.717, 1.165) is 37.4 Å². The molecule has 0 saturated heterocycles. The fourth-order valence-electron chi connectivity index (χ4n) is 3.53. The van der Waals surface area contributed by atoms with Crippen molar-refractivity contribution >= 4 is 11.7 Å². The number of amides is 2. The quantitative estimate of drug-likeness (QED) is 0.865. The number of carbonyl (C=O) groups is 1. The van der Waals surface area contributed by atoms with E-state index in [4.69, 9.17) is 4.74 Å². The molecule has 0 bridgehead atoms. The van der Waals surface area contributed by atoms with Crippen molar-refractivity contribution in [2.45, 2.75) is 46.2 Å².